The Bertz CT molecular complexity index is 851. The van der Waals surface area contributed by atoms with Crippen molar-refractivity contribution in [3.05, 3.63) is 82.2 Å². The lowest BCUT2D eigenvalue weighted by Gasteiger charge is -2.10. The van der Waals surface area contributed by atoms with Crippen LogP contribution in [0.15, 0.2) is 60.7 Å². The molecule has 1 nitrogen and oxygen atoms in total. The summed E-state index contributed by atoms with van der Waals surface area (Å²) in [5.41, 5.74) is 3.17. The average molecular weight is 376 g/mol. The molecule has 0 radical (unpaired) electrons. The maximum absolute atomic E-state index is 12.5. The number of aliphatic hydroxyl groups is 1. The zero-order valence-corrected chi connectivity index (χ0v) is 15.1. The van der Waals surface area contributed by atoms with E-state index in [1.54, 1.807) is 12.1 Å². The Morgan fingerprint density at radius 2 is 1.62 bits per heavy atom. The molecule has 0 saturated heterocycles. The van der Waals surface area contributed by atoms with Gasteiger partial charge in [-0.15, -0.1) is 11.3 Å². The van der Waals surface area contributed by atoms with Gasteiger partial charge in [0.25, 0.3) is 0 Å². The van der Waals surface area contributed by atoms with E-state index in [4.69, 9.17) is 0 Å². The van der Waals surface area contributed by atoms with E-state index in [1.807, 2.05) is 43.3 Å². The number of hydrogen-bond acceptors (Lipinski definition) is 2. The van der Waals surface area contributed by atoms with E-state index < -0.39 is 18.7 Å². The summed E-state index contributed by atoms with van der Waals surface area (Å²) >= 11 is 1.49. The van der Waals surface area contributed by atoms with Crippen LogP contribution in [0.1, 0.15) is 27.7 Å². The van der Waals surface area contributed by atoms with Gasteiger partial charge in [0.2, 0.25) is 0 Å². The molecule has 1 heterocycles. The van der Waals surface area contributed by atoms with Gasteiger partial charge in [-0.25, -0.2) is 0 Å². The summed E-state index contributed by atoms with van der Waals surface area (Å²) in [6, 6.07) is 18.2. The molecule has 1 aromatic heterocycles. The molecule has 0 aliphatic heterocycles. The monoisotopic (exact) mass is 376 g/mol. The van der Waals surface area contributed by atoms with E-state index in [-0.39, 0.29) is 5.56 Å². The predicted molar refractivity (Wildman–Crippen MR) is 99.4 cm³/mol. The highest BCUT2D eigenvalue weighted by Gasteiger charge is 2.27. The van der Waals surface area contributed by atoms with Crippen LogP contribution in [0, 0.1) is 6.92 Å². The molecule has 1 N–H and O–H groups in total. The van der Waals surface area contributed by atoms with Gasteiger partial charge < -0.3 is 5.11 Å². The Balaban J connectivity index is 1.77. The van der Waals surface area contributed by atoms with Crippen LogP contribution >= 0.6 is 11.3 Å². The normalized spacial score (nSPS) is 13.0. The van der Waals surface area contributed by atoms with Crippen LogP contribution < -0.4 is 0 Å². The summed E-state index contributed by atoms with van der Waals surface area (Å²) in [5, 5.41) is 10.6. The lowest BCUT2D eigenvalue weighted by molar-refractivity contribution is -0.127. The Hall–Kier alpha value is -2.11. The Morgan fingerprint density at radius 3 is 2.23 bits per heavy atom. The van der Waals surface area contributed by atoms with Crippen molar-refractivity contribution in [2.45, 2.75) is 32.0 Å². The first-order valence-electron chi connectivity index (χ1n) is 8.30. The van der Waals surface area contributed by atoms with E-state index >= 15 is 0 Å². The van der Waals surface area contributed by atoms with Crippen molar-refractivity contribution in [1.29, 1.82) is 0 Å². The summed E-state index contributed by atoms with van der Waals surface area (Å²) in [5.74, 6) is 0. The minimum atomic E-state index is -4.20. The van der Waals surface area contributed by atoms with Crippen LogP contribution in [-0.2, 0) is 12.8 Å². The lowest BCUT2D eigenvalue weighted by Crippen LogP contribution is -2.11. The van der Waals surface area contributed by atoms with Gasteiger partial charge in [0.1, 0.15) is 0 Å². The Morgan fingerprint density at radius 1 is 0.962 bits per heavy atom. The summed E-state index contributed by atoms with van der Waals surface area (Å²) in [7, 11) is 0. The van der Waals surface area contributed by atoms with Crippen LogP contribution in [0.3, 0.4) is 0 Å². The molecule has 0 aliphatic rings. The molecule has 3 aromatic rings. The molecule has 0 bridgehead atoms. The van der Waals surface area contributed by atoms with Gasteiger partial charge in [-0.05, 0) is 35.2 Å². The quantitative estimate of drug-likeness (QED) is 0.570. The van der Waals surface area contributed by atoms with Crippen molar-refractivity contribution in [3.63, 3.8) is 0 Å². The molecule has 3 rings (SSSR count). The van der Waals surface area contributed by atoms with Crippen molar-refractivity contribution in [1.82, 2.24) is 0 Å². The molecule has 0 spiro atoms. The second-order valence-corrected chi connectivity index (χ2v) is 7.44. The van der Waals surface area contributed by atoms with E-state index in [0.717, 1.165) is 26.4 Å². The minimum absolute atomic E-state index is 0.249. The molecule has 0 aliphatic carbocycles. The van der Waals surface area contributed by atoms with Gasteiger partial charge in [0.15, 0.2) is 0 Å². The second kappa shape index (κ2) is 7.64. The molecule has 2 aromatic carbocycles. The number of rotatable bonds is 5. The largest absolute Gasteiger partial charge is 0.393 e. The highest BCUT2D eigenvalue weighted by Crippen LogP contribution is 2.36. The fourth-order valence-corrected chi connectivity index (χ4v) is 4.08. The topological polar surface area (TPSA) is 20.2 Å². The third kappa shape index (κ3) is 4.74. The van der Waals surface area contributed by atoms with Crippen LogP contribution in [0.25, 0.3) is 10.4 Å². The van der Waals surface area contributed by atoms with Crippen molar-refractivity contribution in [2.75, 3.05) is 0 Å². The molecule has 0 fully saturated rings. The van der Waals surface area contributed by atoms with Gasteiger partial charge in [-0.3, -0.25) is 0 Å². The zero-order chi connectivity index (χ0) is 18.7. The first kappa shape index (κ1) is 18.7. The van der Waals surface area contributed by atoms with Crippen LogP contribution in [-0.4, -0.2) is 11.3 Å². The minimum Gasteiger partial charge on any atom is -0.387 e. The third-order valence-corrected chi connectivity index (χ3v) is 5.56. The number of aliphatic hydroxyl groups excluding tert-OH is 1. The van der Waals surface area contributed by atoms with Crippen molar-refractivity contribution in [2.24, 2.45) is 0 Å². The second-order valence-electron chi connectivity index (χ2n) is 6.35. The molecule has 5 heteroatoms. The van der Waals surface area contributed by atoms with E-state index in [9.17, 15) is 18.3 Å². The number of alkyl halides is 3. The van der Waals surface area contributed by atoms with Crippen molar-refractivity contribution in [3.8, 4) is 10.4 Å². The molecule has 1 unspecified atom stereocenters. The van der Waals surface area contributed by atoms with E-state index in [0.29, 0.717) is 6.42 Å². The summed E-state index contributed by atoms with van der Waals surface area (Å²) < 4.78 is 37.4. The molecular weight excluding hydrogens is 357 g/mol. The Labute approximate surface area is 154 Å². The third-order valence-electron chi connectivity index (χ3n) is 4.17. The first-order valence-corrected chi connectivity index (χ1v) is 9.12. The highest BCUT2D eigenvalue weighted by atomic mass is 32.1. The number of thiophene rings is 1. The van der Waals surface area contributed by atoms with Gasteiger partial charge in [0, 0.05) is 16.2 Å². The van der Waals surface area contributed by atoms with Crippen LogP contribution in [0.2, 0.25) is 0 Å². The highest BCUT2D eigenvalue weighted by molar-refractivity contribution is 7.15. The summed E-state index contributed by atoms with van der Waals surface area (Å²) in [6.45, 7) is 1.95. The lowest BCUT2D eigenvalue weighted by atomic mass is 10.0. The number of aryl methyl sites for hydroxylation is 1. The summed E-state index contributed by atoms with van der Waals surface area (Å²) in [6.07, 6.45) is -5.18. The first-order chi connectivity index (χ1) is 12.3. The van der Waals surface area contributed by atoms with Gasteiger partial charge in [-0.2, -0.15) is 13.2 Å². The molecule has 26 heavy (non-hydrogen) atoms. The smallest absolute Gasteiger partial charge is 0.387 e. The SMILES string of the molecule is Cc1cc(-c2ccc(CC(F)(F)F)cc2)sc1C(O)Cc1ccccc1. The molecular formula is C21H19F3OS. The standard InChI is InChI=1S/C21H19F3OS/c1-14-11-19(17-9-7-16(8-10-17)13-21(22,23)24)26-20(14)18(25)12-15-5-3-2-4-6-15/h2-11,18,25H,12-13H2,1H3. The van der Waals surface area contributed by atoms with Gasteiger partial charge in [-0.1, -0.05) is 54.6 Å². The van der Waals surface area contributed by atoms with Crippen molar-refractivity contribution < 1.29 is 18.3 Å². The van der Waals surface area contributed by atoms with Crippen LogP contribution in [0.4, 0.5) is 13.2 Å². The van der Waals surface area contributed by atoms with Crippen LogP contribution in [0.5, 0.6) is 0 Å². The fraction of sp³-hybridized carbons (Fsp3) is 0.238. The average Bonchev–Trinajstić information content (AvgIpc) is 2.97. The van der Waals surface area contributed by atoms with Gasteiger partial charge >= 0.3 is 6.18 Å². The van der Waals surface area contributed by atoms with Gasteiger partial charge in [0.05, 0.1) is 12.5 Å². The molecule has 136 valence electrons. The molecule has 0 amide bonds. The number of halogens is 3. The number of benzene rings is 2. The molecule has 1 atom stereocenters. The van der Waals surface area contributed by atoms with E-state index in [1.165, 1.54) is 23.5 Å². The summed E-state index contributed by atoms with van der Waals surface area (Å²) in [4.78, 5) is 1.84. The molecule has 0 saturated carbocycles. The van der Waals surface area contributed by atoms with E-state index in [2.05, 4.69) is 0 Å². The maximum Gasteiger partial charge on any atom is 0.393 e. The fourth-order valence-electron chi connectivity index (χ4n) is 2.92. The maximum atomic E-state index is 12.5. The number of hydrogen-bond donors (Lipinski definition) is 1. The van der Waals surface area contributed by atoms with Crippen molar-refractivity contribution >= 4 is 11.3 Å². The Kier molecular flexibility index (Phi) is 5.49. The predicted octanol–water partition coefficient (Wildman–Crippen LogP) is 6.10. The zero-order valence-electron chi connectivity index (χ0n) is 14.3.